The molecule has 0 spiro atoms. The lowest BCUT2D eigenvalue weighted by Crippen LogP contribution is -2.46. The number of aromatic amines is 1. The smallest absolute Gasteiger partial charge is 0.236 e. The number of para-hydroxylation sites is 1. The average Bonchev–Trinajstić information content (AvgIpc) is 3.01. The fourth-order valence-corrected chi connectivity index (χ4v) is 4.12. The number of nitrogens with one attached hydrogen (secondary N) is 1. The highest BCUT2D eigenvalue weighted by molar-refractivity contribution is 6.03. The molecule has 2 aromatic rings. The van der Waals surface area contributed by atoms with Crippen LogP contribution in [0.15, 0.2) is 59.8 Å². The van der Waals surface area contributed by atoms with E-state index in [4.69, 9.17) is 0 Å². The Balaban J connectivity index is 1.73. The fourth-order valence-electron chi connectivity index (χ4n) is 4.12. The van der Waals surface area contributed by atoms with Crippen LogP contribution < -0.4 is 0 Å². The average molecular weight is 315 g/mol. The minimum Gasteiger partial charge on any atom is -0.353 e. The lowest BCUT2D eigenvalue weighted by atomic mass is 9.79. The second kappa shape index (κ2) is 4.81. The van der Waals surface area contributed by atoms with Crippen LogP contribution >= 0.6 is 0 Å². The van der Waals surface area contributed by atoms with E-state index in [0.717, 1.165) is 35.4 Å². The maximum Gasteiger partial charge on any atom is 0.236 e. The molecule has 5 rings (SSSR count). The van der Waals surface area contributed by atoms with E-state index in [9.17, 15) is 4.79 Å². The summed E-state index contributed by atoms with van der Waals surface area (Å²) in [5.41, 5.74) is 5.53. The molecule has 24 heavy (non-hydrogen) atoms. The molecule has 0 bridgehead atoms. The Labute approximate surface area is 139 Å². The number of allylic oxidation sites excluding steroid dienone is 3. The van der Waals surface area contributed by atoms with Gasteiger partial charge in [-0.1, -0.05) is 30.9 Å². The molecule has 1 amide bonds. The van der Waals surface area contributed by atoms with E-state index in [2.05, 4.69) is 40.8 Å². The molecular weight excluding hydrogens is 298 g/mol. The second-order valence-corrected chi connectivity index (χ2v) is 6.50. The number of aromatic nitrogens is 1. The third kappa shape index (κ3) is 1.68. The number of fused-ring (bicyclic) bond motifs is 6. The van der Waals surface area contributed by atoms with Crippen molar-refractivity contribution in [2.75, 3.05) is 6.54 Å². The SMILES string of the molecule is C=CC1=CN=CC2C(=O)N3CCc4c([nH]c5ccccc45)C3=CC12. The molecule has 0 aliphatic carbocycles. The van der Waals surface area contributed by atoms with Crippen molar-refractivity contribution in [3.63, 3.8) is 0 Å². The van der Waals surface area contributed by atoms with Gasteiger partial charge in [-0.25, -0.2) is 0 Å². The van der Waals surface area contributed by atoms with Crippen LogP contribution in [0.25, 0.3) is 16.6 Å². The Morgan fingerprint density at radius 1 is 1.29 bits per heavy atom. The number of amides is 1. The highest BCUT2D eigenvalue weighted by Crippen LogP contribution is 2.41. The first-order valence-electron chi connectivity index (χ1n) is 8.27. The second-order valence-electron chi connectivity index (χ2n) is 6.50. The lowest BCUT2D eigenvalue weighted by Gasteiger charge is -2.39. The first-order chi connectivity index (χ1) is 11.8. The van der Waals surface area contributed by atoms with Crippen molar-refractivity contribution in [3.8, 4) is 0 Å². The van der Waals surface area contributed by atoms with Crippen LogP contribution in [0.3, 0.4) is 0 Å². The highest BCUT2D eigenvalue weighted by atomic mass is 16.2. The van der Waals surface area contributed by atoms with Crippen molar-refractivity contribution in [2.24, 2.45) is 16.8 Å². The number of hydrogen-bond donors (Lipinski definition) is 1. The van der Waals surface area contributed by atoms with Gasteiger partial charge in [-0.3, -0.25) is 9.79 Å². The first-order valence-corrected chi connectivity index (χ1v) is 8.27. The lowest BCUT2D eigenvalue weighted by molar-refractivity contribution is -0.131. The third-order valence-electron chi connectivity index (χ3n) is 5.31. The van der Waals surface area contributed by atoms with Gasteiger partial charge >= 0.3 is 0 Å². The van der Waals surface area contributed by atoms with Gasteiger partial charge in [0.25, 0.3) is 0 Å². The molecule has 1 aromatic carbocycles. The maximum absolute atomic E-state index is 13.0. The number of nitrogens with zero attached hydrogens (tertiary/aromatic N) is 2. The number of carbonyl (C=O) groups is 1. The van der Waals surface area contributed by atoms with Crippen LogP contribution in [-0.4, -0.2) is 28.6 Å². The molecule has 2 atom stereocenters. The van der Waals surface area contributed by atoms with Crippen LogP contribution in [0.4, 0.5) is 0 Å². The van der Waals surface area contributed by atoms with Gasteiger partial charge in [-0.15, -0.1) is 0 Å². The van der Waals surface area contributed by atoms with Crippen LogP contribution in [0, 0.1) is 11.8 Å². The van der Waals surface area contributed by atoms with Gasteiger partial charge in [0.15, 0.2) is 0 Å². The number of carbonyl (C=O) groups excluding carboxylic acids is 1. The van der Waals surface area contributed by atoms with Gasteiger partial charge < -0.3 is 9.88 Å². The van der Waals surface area contributed by atoms with Crippen molar-refractivity contribution in [3.05, 3.63) is 66.0 Å². The van der Waals surface area contributed by atoms with Crippen LogP contribution in [0.1, 0.15) is 11.3 Å². The molecule has 0 radical (unpaired) electrons. The minimum atomic E-state index is -0.210. The normalized spacial score (nSPS) is 24.8. The zero-order chi connectivity index (χ0) is 16.3. The summed E-state index contributed by atoms with van der Waals surface area (Å²) in [6, 6.07) is 8.34. The van der Waals surface area contributed by atoms with Gasteiger partial charge in [0, 0.05) is 35.8 Å². The number of benzene rings is 1. The molecule has 2 unspecified atom stereocenters. The molecule has 4 heterocycles. The van der Waals surface area contributed by atoms with E-state index in [1.165, 1.54) is 10.9 Å². The largest absolute Gasteiger partial charge is 0.353 e. The van der Waals surface area contributed by atoms with Crippen LogP contribution in [0.2, 0.25) is 0 Å². The van der Waals surface area contributed by atoms with Crippen molar-refractivity contribution >= 4 is 28.7 Å². The number of aliphatic imine (C=N–C) groups is 1. The number of rotatable bonds is 1. The zero-order valence-corrected chi connectivity index (χ0v) is 13.2. The van der Waals surface area contributed by atoms with Gasteiger partial charge in [0.05, 0.1) is 17.3 Å². The summed E-state index contributed by atoms with van der Waals surface area (Å²) in [5.74, 6) is -0.0493. The number of hydrogen-bond acceptors (Lipinski definition) is 2. The van der Waals surface area contributed by atoms with Crippen molar-refractivity contribution < 1.29 is 4.79 Å². The predicted molar refractivity (Wildman–Crippen MR) is 95.4 cm³/mol. The van der Waals surface area contributed by atoms with Crippen molar-refractivity contribution in [1.29, 1.82) is 0 Å². The maximum atomic E-state index is 13.0. The summed E-state index contributed by atoms with van der Waals surface area (Å²) >= 11 is 0. The van der Waals surface area contributed by atoms with E-state index in [1.54, 1.807) is 6.21 Å². The van der Waals surface area contributed by atoms with Gasteiger partial charge in [-0.2, -0.15) is 0 Å². The van der Waals surface area contributed by atoms with E-state index in [-0.39, 0.29) is 17.7 Å². The molecule has 4 nitrogen and oxygen atoms in total. The monoisotopic (exact) mass is 315 g/mol. The molecule has 3 aliphatic rings. The molecule has 118 valence electrons. The van der Waals surface area contributed by atoms with E-state index < -0.39 is 0 Å². The molecule has 0 saturated heterocycles. The molecule has 4 heteroatoms. The summed E-state index contributed by atoms with van der Waals surface area (Å²) in [4.78, 5) is 22.7. The predicted octanol–water partition coefficient (Wildman–Crippen LogP) is 3.29. The van der Waals surface area contributed by atoms with Gasteiger partial charge in [0.2, 0.25) is 5.91 Å². The molecule has 1 N–H and O–H groups in total. The Kier molecular flexibility index (Phi) is 2.71. The minimum absolute atomic E-state index is 0.0242. The first kappa shape index (κ1) is 13.5. The Bertz CT molecular complexity index is 976. The van der Waals surface area contributed by atoms with E-state index >= 15 is 0 Å². The summed E-state index contributed by atoms with van der Waals surface area (Å²) in [7, 11) is 0. The van der Waals surface area contributed by atoms with Crippen LogP contribution in [-0.2, 0) is 11.2 Å². The summed E-state index contributed by atoms with van der Waals surface area (Å²) in [5, 5.41) is 1.26. The fraction of sp³-hybridized carbons (Fsp3) is 0.200. The van der Waals surface area contributed by atoms with E-state index in [1.807, 2.05) is 23.2 Å². The molecule has 1 aromatic heterocycles. The van der Waals surface area contributed by atoms with Crippen molar-refractivity contribution in [1.82, 2.24) is 9.88 Å². The van der Waals surface area contributed by atoms with Crippen molar-refractivity contribution in [2.45, 2.75) is 6.42 Å². The molecular formula is C20H17N3O. The third-order valence-corrected chi connectivity index (χ3v) is 5.31. The standard InChI is InChI=1S/C20H17N3O/c1-2-12-10-21-11-16-15(12)9-18-19-14(7-8-23(18)20(16)24)13-5-3-4-6-17(13)22-19/h2-6,9-11,15-16,22H,1,7-8H2. The quantitative estimate of drug-likeness (QED) is 0.862. The molecule has 0 saturated carbocycles. The van der Waals surface area contributed by atoms with E-state index in [0.29, 0.717) is 0 Å². The Morgan fingerprint density at radius 3 is 3.04 bits per heavy atom. The number of H-pyrrole nitrogens is 1. The van der Waals surface area contributed by atoms with Gasteiger partial charge in [0.1, 0.15) is 0 Å². The summed E-state index contributed by atoms with van der Waals surface area (Å²) < 4.78 is 0. The Morgan fingerprint density at radius 2 is 2.17 bits per heavy atom. The van der Waals surface area contributed by atoms with Gasteiger partial charge in [-0.05, 0) is 29.7 Å². The highest BCUT2D eigenvalue weighted by Gasteiger charge is 2.41. The summed E-state index contributed by atoms with van der Waals surface area (Å²) in [6.45, 7) is 4.61. The molecule has 3 aliphatic heterocycles. The summed E-state index contributed by atoms with van der Waals surface area (Å²) in [6.07, 6.45) is 8.47. The Hall–Kier alpha value is -2.88. The topological polar surface area (TPSA) is 48.5 Å². The zero-order valence-electron chi connectivity index (χ0n) is 13.2. The molecule has 0 fully saturated rings. The van der Waals surface area contributed by atoms with Crippen LogP contribution in [0.5, 0.6) is 0 Å².